The molecule has 1 aliphatic heterocycles. The third-order valence-corrected chi connectivity index (χ3v) is 5.66. The first-order chi connectivity index (χ1) is 14.0. The number of likely N-dealkylation sites (tertiary alicyclic amines) is 1. The van der Waals surface area contributed by atoms with Gasteiger partial charge in [-0.05, 0) is 61.7 Å². The van der Waals surface area contributed by atoms with Crippen molar-refractivity contribution in [2.75, 3.05) is 11.9 Å². The van der Waals surface area contributed by atoms with Crippen molar-refractivity contribution in [1.82, 2.24) is 14.5 Å². The second kappa shape index (κ2) is 8.17. The van der Waals surface area contributed by atoms with Crippen LogP contribution in [0.5, 0.6) is 0 Å². The summed E-state index contributed by atoms with van der Waals surface area (Å²) in [6.45, 7) is 3.60. The molecule has 1 fully saturated rings. The van der Waals surface area contributed by atoms with Crippen LogP contribution >= 0.6 is 0 Å². The monoisotopic (exact) mass is 392 g/mol. The normalized spacial score (nSPS) is 16.9. The lowest BCUT2D eigenvalue weighted by atomic mass is 10.1. The Balaban J connectivity index is 1.42. The molecule has 6 heteroatoms. The molecule has 3 aromatic rings. The first kappa shape index (κ1) is 19.3. The lowest BCUT2D eigenvalue weighted by Crippen LogP contribution is -2.39. The summed E-state index contributed by atoms with van der Waals surface area (Å²) in [5.74, 6) is 0.725. The molecule has 29 heavy (non-hydrogen) atoms. The third-order valence-electron chi connectivity index (χ3n) is 5.66. The highest BCUT2D eigenvalue weighted by molar-refractivity contribution is 5.95. The van der Waals surface area contributed by atoms with Gasteiger partial charge >= 0.3 is 0 Å². The minimum Gasteiger partial charge on any atom is -0.334 e. The number of carbonyl (C=O) groups is 1. The van der Waals surface area contributed by atoms with E-state index in [9.17, 15) is 9.18 Å². The van der Waals surface area contributed by atoms with Crippen molar-refractivity contribution in [3.05, 3.63) is 72.1 Å². The van der Waals surface area contributed by atoms with E-state index in [0.29, 0.717) is 6.54 Å². The number of rotatable bonds is 5. The van der Waals surface area contributed by atoms with E-state index in [2.05, 4.69) is 19.8 Å². The Hall–Kier alpha value is -2.99. The summed E-state index contributed by atoms with van der Waals surface area (Å²) in [5, 5.41) is 3.03. The standard InChI is InChI=1S/C23H25FN4O/c1-16-25-14-21(27(16)2)15-28-12-4-7-22(28)23(29)26-20-10-8-17(9-11-20)18-5-3-6-19(24)13-18/h3,5-6,8-11,13-14,22H,4,7,12,15H2,1-2H3,(H,26,29)/t22-/m1/s1. The van der Waals surface area contributed by atoms with Crippen molar-refractivity contribution >= 4 is 11.6 Å². The number of hydrogen-bond acceptors (Lipinski definition) is 3. The number of amides is 1. The zero-order valence-electron chi connectivity index (χ0n) is 16.7. The van der Waals surface area contributed by atoms with E-state index in [4.69, 9.17) is 0 Å². The van der Waals surface area contributed by atoms with Crippen LogP contribution < -0.4 is 5.32 Å². The van der Waals surface area contributed by atoms with Crippen molar-refractivity contribution < 1.29 is 9.18 Å². The van der Waals surface area contributed by atoms with Gasteiger partial charge in [0.15, 0.2) is 0 Å². The lowest BCUT2D eigenvalue weighted by Gasteiger charge is -2.23. The number of aromatic nitrogens is 2. The van der Waals surface area contributed by atoms with Gasteiger partial charge in [-0.1, -0.05) is 24.3 Å². The third kappa shape index (κ3) is 4.22. The Morgan fingerprint density at radius 1 is 1.21 bits per heavy atom. The number of hydrogen-bond donors (Lipinski definition) is 1. The van der Waals surface area contributed by atoms with Crippen LogP contribution in [0, 0.1) is 12.7 Å². The van der Waals surface area contributed by atoms with Crippen LogP contribution in [0.25, 0.3) is 11.1 Å². The van der Waals surface area contributed by atoms with Crippen molar-refractivity contribution in [2.24, 2.45) is 7.05 Å². The first-order valence-corrected chi connectivity index (χ1v) is 9.89. The van der Waals surface area contributed by atoms with Crippen molar-refractivity contribution in [3.63, 3.8) is 0 Å². The summed E-state index contributed by atoms with van der Waals surface area (Å²) < 4.78 is 15.5. The van der Waals surface area contributed by atoms with Crippen LogP contribution in [-0.4, -0.2) is 32.9 Å². The summed E-state index contributed by atoms with van der Waals surface area (Å²) in [4.78, 5) is 19.4. The highest BCUT2D eigenvalue weighted by atomic mass is 19.1. The fourth-order valence-electron chi connectivity index (χ4n) is 3.86. The van der Waals surface area contributed by atoms with Crippen LogP contribution in [-0.2, 0) is 18.4 Å². The quantitative estimate of drug-likeness (QED) is 0.710. The first-order valence-electron chi connectivity index (χ1n) is 9.89. The molecular formula is C23H25FN4O. The Kier molecular flexibility index (Phi) is 5.45. The van der Waals surface area contributed by atoms with E-state index in [-0.39, 0.29) is 17.8 Å². The molecule has 0 radical (unpaired) electrons. The molecule has 5 nitrogen and oxygen atoms in total. The summed E-state index contributed by atoms with van der Waals surface area (Å²) in [6, 6.07) is 13.9. The number of carbonyl (C=O) groups excluding carboxylic acids is 1. The molecule has 0 unspecified atom stereocenters. The molecule has 2 heterocycles. The Morgan fingerprint density at radius 2 is 2.00 bits per heavy atom. The van der Waals surface area contributed by atoms with Gasteiger partial charge in [0.2, 0.25) is 5.91 Å². The van der Waals surface area contributed by atoms with Gasteiger partial charge in [-0.3, -0.25) is 9.69 Å². The predicted molar refractivity (Wildman–Crippen MR) is 112 cm³/mol. The largest absolute Gasteiger partial charge is 0.334 e. The fourth-order valence-corrected chi connectivity index (χ4v) is 3.86. The van der Waals surface area contributed by atoms with Crippen LogP contribution in [0.15, 0.2) is 54.7 Å². The van der Waals surface area contributed by atoms with E-state index in [1.165, 1.54) is 12.1 Å². The SMILES string of the molecule is Cc1ncc(CN2CCC[C@@H]2C(=O)Nc2ccc(-c3cccc(F)c3)cc2)n1C. The lowest BCUT2D eigenvalue weighted by molar-refractivity contribution is -0.120. The van der Waals surface area contributed by atoms with Gasteiger partial charge in [-0.2, -0.15) is 0 Å². The van der Waals surface area contributed by atoms with E-state index in [1.807, 2.05) is 50.5 Å². The molecule has 1 atom stereocenters. The van der Waals surface area contributed by atoms with Crippen LogP contribution in [0.3, 0.4) is 0 Å². The van der Waals surface area contributed by atoms with Gasteiger partial charge < -0.3 is 9.88 Å². The highest BCUT2D eigenvalue weighted by Gasteiger charge is 2.31. The Bertz CT molecular complexity index is 1010. The smallest absolute Gasteiger partial charge is 0.241 e. The van der Waals surface area contributed by atoms with Gasteiger partial charge in [-0.15, -0.1) is 0 Å². The molecular weight excluding hydrogens is 367 g/mol. The minimum atomic E-state index is -0.259. The van der Waals surface area contributed by atoms with Gasteiger partial charge in [-0.25, -0.2) is 9.37 Å². The van der Waals surface area contributed by atoms with Gasteiger partial charge in [0.25, 0.3) is 0 Å². The molecule has 1 amide bonds. The number of benzene rings is 2. The molecule has 4 rings (SSSR count). The molecule has 150 valence electrons. The molecule has 1 aliphatic rings. The summed E-state index contributed by atoms with van der Waals surface area (Å²) in [7, 11) is 2.00. The van der Waals surface area contributed by atoms with Crippen molar-refractivity contribution in [1.29, 1.82) is 0 Å². The average molecular weight is 392 g/mol. The topological polar surface area (TPSA) is 50.2 Å². The summed E-state index contributed by atoms with van der Waals surface area (Å²) >= 11 is 0. The Labute approximate surface area is 170 Å². The number of halogens is 1. The minimum absolute atomic E-state index is 0.0138. The maximum atomic E-state index is 13.4. The van der Waals surface area contributed by atoms with Crippen molar-refractivity contribution in [3.8, 4) is 11.1 Å². The van der Waals surface area contributed by atoms with Gasteiger partial charge in [0, 0.05) is 25.5 Å². The second-order valence-corrected chi connectivity index (χ2v) is 7.56. The highest BCUT2D eigenvalue weighted by Crippen LogP contribution is 2.24. The molecule has 0 bridgehead atoms. The van der Waals surface area contributed by atoms with Gasteiger partial charge in [0.05, 0.1) is 11.7 Å². The van der Waals surface area contributed by atoms with E-state index < -0.39 is 0 Å². The predicted octanol–water partition coefficient (Wildman–Crippen LogP) is 4.14. The number of imidazole rings is 1. The molecule has 2 aromatic carbocycles. The molecule has 1 saturated heterocycles. The zero-order valence-corrected chi connectivity index (χ0v) is 16.7. The van der Waals surface area contributed by atoms with Crippen LogP contribution in [0.1, 0.15) is 24.4 Å². The van der Waals surface area contributed by atoms with E-state index in [1.54, 1.807) is 6.07 Å². The summed E-state index contributed by atoms with van der Waals surface area (Å²) in [6.07, 6.45) is 3.74. The maximum absolute atomic E-state index is 13.4. The second-order valence-electron chi connectivity index (χ2n) is 7.56. The molecule has 1 aromatic heterocycles. The summed E-state index contributed by atoms with van der Waals surface area (Å²) in [5.41, 5.74) is 3.59. The molecule has 1 N–H and O–H groups in total. The number of anilines is 1. The number of nitrogens with one attached hydrogen (secondary N) is 1. The average Bonchev–Trinajstić information content (AvgIpc) is 3.31. The van der Waals surface area contributed by atoms with E-state index in [0.717, 1.165) is 47.7 Å². The maximum Gasteiger partial charge on any atom is 0.241 e. The molecule has 0 saturated carbocycles. The molecule has 0 aliphatic carbocycles. The molecule has 0 spiro atoms. The van der Waals surface area contributed by atoms with Crippen LogP contribution in [0.2, 0.25) is 0 Å². The van der Waals surface area contributed by atoms with Crippen molar-refractivity contribution in [2.45, 2.75) is 32.4 Å². The van der Waals surface area contributed by atoms with E-state index >= 15 is 0 Å². The Morgan fingerprint density at radius 3 is 2.69 bits per heavy atom. The number of aryl methyl sites for hydroxylation is 1. The van der Waals surface area contributed by atoms with Gasteiger partial charge in [0.1, 0.15) is 11.6 Å². The number of nitrogens with zero attached hydrogens (tertiary/aromatic N) is 3. The van der Waals surface area contributed by atoms with Crippen LogP contribution in [0.4, 0.5) is 10.1 Å². The zero-order chi connectivity index (χ0) is 20.4. The fraction of sp³-hybridized carbons (Fsp3) is 0.304.